The van der Waals surface area contributed by atoms with Crippen LogP contribution in [0.3, 0.4) is 0 Å². The zero-order valence-corrected chi connectivity index (χ0v) is 10.9. The van der Waals surface area contributed by atoms with E-state index in [1.165, 1.54) is 31.9 Å². The van der Waals surface area contributed by atoms with Crippen LogP contribution in [0.25, 0.3) is 11.0 Å². The fourth-order valence-corrected chi connectivity index (χ4v) is 2.77. The zero-order chi connectivity index (χ0) is 13.1. The summed E-state index contributed by atoms with van der Waals surface area (Å²) in [6.07, 6.45) is 6.61. The predicted octanol–water partition coefficient (Wildman–Crippen LogP) is 3.82. The van der Waals surface area contributed by atoms with Gasteiger partial charge in [-0.25, -0.2) is 0 Å². The van der Waals surface area contributed by atoms with Crippen LogP contribution in [0, 0.1) is 5.92 Å². The summed E-state index contributed by atoms with van der Waals surface area (Å²) in [6, 6.07) is 7.58. The molecular weight excluding hydrogens is 240 g/mol. The molecule has 1 fully saturated rings. The minimum absolute atomic E-state index is 0.00273. The number of benzene rings is 1. The molecule has 1 aliphatic rings. The van der Waals surface area contributed by atoms with Gasteiger partial charge in [-0.1, -0.05) is 31.0 Å². The van der Waals surface area contributed by atoms with Gasteiger partial charge in [-0.15, -0.1) is 0 Å². The monoisotopic (exact) mass is 258 g/mol. The maximum absolute atomic E-state index is 12.1. The van der Waals surface area contributed by atoms with Crippen molar-refractivity contribution in [2.24, 2.45) is 5.92 Å². The van der Waals surface area contributed by atoms with Crippen molar-refractivity contribution >= 4 is 16.8 Å². The number of fused-ring (bicyclic) bond motifs is 1. The molecule has 1 aliphatic carbocycles. The maximum atomic E-state index is 12.1. The number of carbonyl (C=O) groups is 1. The molecule has 1 aromatic carbocycles. The van der Waals surface area contributed by atoms with E-state index in [9.17, 15) is 4.79 Å². The second-order valence-corrected chi connectivity index (χ2v) is 5.23. The summed E-state index contributed by atoms with van der Waals surface area (Å²) in [6.45, 7) is 0.863. The molecular formula is C16H18O3. The van der Waals surface area contributed by atoms with Crippen molar-refractivity contribution in [3.8, 4) is 0 Å². The lowest BCUT2D eigenvalue weighted by atomic mass is 10.1. The lowest BCUT2D eigenvalue weighted by Crippen LogP contribution is -2.13. The molecule has 0 N–H and O–H groups in total. The SMILES string of the molecule is O=C(COCC1CCCC1)c1coc2ccccc12. The van der Waals surface area contributed by atoms with Gasteiger partial charge in [-0.2, -0.15) is 0 Å². The number of carbonyl (C=O) groups excluding carboxylic acids is 1. The number of Topliss-reactive ketones (excluding diaryl/α,β-unsaturated/α-hetero) is 1. The van der Waals surface area contributed by atoms with Crippen LogP contribution in [-0.2, 0) is 4.74 Å². The Morgan fingerprint density at radius 3 is 2.89 bits per heavy atom. The smallest absolute Gasteiger partial charge is 0.192 e. The van der Waals surface area contributed by atoms with Gasteiger partial charge in [0.25, 0.3) is 0 Å². The number of rotatable bonds is 5. The van der Waals surface area contributed by atoms with Crippen LogP contribution in [-0.4, -0.2) is 19.0 Å². The predicted molar refractivity (Wildman–Crippen MR) is 73.3 cm³/mol. The highest BCUT2D eigenvalue weighted by atomic mass is 16.5. The maximum Gasteiger partial charge on any atom is 0.192 e. The molecule has 2 aromatic rings. The molecule has 3 nitrogen and oxygen atoms in total. The molecule has 100 valence electrons. The van der Waals surface area contributed by atoms with Gasteiger partial charge in [0.1, 0.15) is 18.5 Å². The first-order valence-electron chi connectivity index (χ1n) is 6.92. The highest BCUT2D eigenvalue weighted by Gasteiger charge is 2.17. The van der Waals surface area contributed by atoms with Gasteiger partial charge in [0.15, 0.2) is 5.78 Å². The highest BCUT2D eigenvalue weighted by Crippen LogP contribution is 2.25. The van der Waals surface area contributed by atoms with Crippen LogP contribution >= 0.6 is 0 Å². The first-order chi connectivity index (χ1) is 9.34. The van der Waals surface area contributed by atoms with Crippen LogP contribution in [0.15, 0.2) is 34.9 Å². The molecule has 0 bridgehead atoms. The van der Waals surface area contributed by atoms with Crippen molar-refractivity contribution < 1.29 is 13.9 Å². The molecule has 0 saturated heterocycles. The molecule has 3 heteroatoms. The van der Waals surface area contributed by atoms with E-state index in [1.807, 2.05) is 24.3 Å². The number of para-hydroxylation sites is 1. The van der Waals surface area contributed by atoms with Crippen LogP contribution < -0.4 is 0 Å². The minimum Gasteiger partial charge on any atom is -0.464 e. The standard InChI is InChI=1S/C16H18O3/c17-15(11-18-9-12-5-1-2-6-12)14-10-19-16-8-4-3-7-13(14)16/h3-4,7-8,10,12H,1-2,5-6,9,11H2. The van der Waals surface area contributed by atoms with E-state index in [0.29, 0.717) is 18.1 Å². The fourth-order valence-electron chi connectivity index (χ4n) is 2.77. The zero-order valence-electron chi connectivity index (χ0n) is 10.9. The quantitative estimate of drug-likeness (QED) is 0.765. The number of furan rings is 1. The molecule has 19 heavy (non-hydrogen) atoms. The van der Waals surface area contributed by atoms with Crippen LogP contribution in [0.2, 0.25) is 0 Å². The van der Waals surface area contributed by atoms with E-state index in [2.05, 4.69) is 0 Å². The van der Waals surface area contributed by atoms with E-state index < -0.39 is 0 Å². The van der Waals surface area contributed by atoms with Gasteiger partial charge in [-0.05, 0) is 24.8 Å². The summed E-state index contributed by atoms with van der Waals surface area (Å²) in [5, 5.41) is 0.872. The van der Waals surface area contributed by atoms with E-state index in [-0.39, 0.29) is 12.4 Å². The van der Waals surface area contributed by atoms with Gasteiger partial charge < -0.3 is 9.15 Å². The van der Waals surface area contributed by atoms with Gasteiger partial charge in [-0.3, -0.25) is 4.79 Å². The van der Waals surface area contributed by atoms with Crippen molar-refractivity contribution in [1.82, 2.24) is 0 Å². The van der Waals surface area contributed by atoms with E-state index in [1.54, 1.807) is 0 Å². The van der Waals surface area contributed by atoms with Crippen molar-refractivity contribution in [2.75, 3.05) is 13.2 Å². The Kier molecular flexibility index (Phi) is 3.65. The summed E-state index contributed by atoms with van der Waals surface area (Å²) in [5.41, 5.74) is 1.38. The Balaban J connectivity index is 1.60. The number of ether oxygens (including phenoxy) is 1. The van der Waals surface area contributed by atoms with E-state index >= 15 is 0 Å². The third kappa shape index (κ3) is 2.71. The molecule has 1 heterocycles. The topological polar surface area (TPSA) is 39.4 Å². The summed E-state index contributed by atoms with van der Waals surface area (Å²) in [5.74, 6) is 0.650. The normalized spacial score (nSPS) is 16.2. The Labute approximate surface area is 112 Å². The van der Waals surface area contributed by atoms with Crippen molar-refractivity contribution in [3.63, 3.8) is 0 Å². The minimum atomic E-state index is 0.00273. The number of ketones is 1. The van der Waals surface area contributed by atoms with Gasteiger partial charge in [0.2, 0.25) is 0 Å². The van der Waals surface area contributed by atoms with Crippen LogP contribution in [0.4, 0.5) is 0 Å². The average molecular weight is 258 g/mol. The lowest BCUT2D eigenvalue weighted by molar-refractivity contribution is 0.0682. The van der Waals surface area contributed by atoms with E-state index in [0.717, 1.165) is 11.0 Å². The third-order valence-corrected chi connectivity index (χ3v) is 3.84. The third-order valence-electron chi connectivity index (χ3n) is 3.84. The summed E-state index contributed by atoms with van der Waals surface area (Å²) in [7, 11) is 0. The molecule has 1 aromatic heterocycles. The molecule has 1 saturated carbocycles. The largest absolute Gasteiger partial charge is 0.464 e. The fraction of sp³-hybridized carbons (Fsp3) is 0.438. The molecule has 0 unspecified atom stereocenters. The lowest BCUT2D eigenvalue weighted by Gasteiger charge is -2.08. The Bertz CT molecular complexity index is 564. The van der Waals surface area contributed by atoms with Gasteiger partial charge in [0, 0.05) is 5.39 Å². The summed E-state index contributed by atoms with van der Waals surface area (Å²) in [4.78, 5) is 12.1. The Morgan fingerprint density at radius 2 is 2.05 bits per heavy atom. The van der Waals surface area contributed by atoms with Crippen molar-refractivity contribution in [1.29, 1.82) is 0 Å². The van der Waals surface area contributed by atoms with Crippen LogP contribution in [0.1, 0.15) is 36.0 Å². The second-order valence-electron chi connectivity index (χ2n) is 5.23. The summed E-state index contributed by atoms with van der Waals surface area (Å²) < 4.78 is 10.9. The molecule has 0 radical (unpaired) electrons. The van der Waals surface area contributed by atoms with Crippen LogP contribution in [0.5, 0.6) is 0 Å². The number of hydrogen-bond donors (Lipinski definition) is 0. The summed E-state index contributed by atoms with van der Waals surface area (Å²) >= 11 is 0. The van der Waals surface area contributed by atoms with Crippen molar-refractivity contribution in [2.45, 2.75) is 25.7 Å². The average Bonchev–Trinajstić information content (AvgIpc) is 3.07. The first kappa shape index (κ1) is 12.4. The Hall–Kier alpha value is -1.61. The first-order valence-corrected chi connectivity index (χ1v) is 6.92. The molecule has 0 spiro atoms. The molecule has 0 amide bonds. The Morgan fingerprint density at radius 1 is 1.26 bits per heavy atom. The van der Waals surface area contributed by atoms with Crippen molar-refractivity contribution in [3.05, 3.63) is 36.1 Å². The highest BCUT2D eigenvalue weighted by molar-refractivity contribution is 6.07. The molecule has 0 atom stereocenters. The van der Waals surface area contributed by atoms with E-state index in [4.69, 9.17) is 9.15 Å². The molecule has 0 aliphatic heterocycles. The second kappa shape index (κ2) is 5.57. The molecule has 3 rings (SSSR count). The van der Waals surface area contributed by atoms with Gasteiger partial charge >= 0.3 is 0 Å². The van der Waals surface area contributed by atoms with Gasteiger partial charge in [0.05, 0.1) is 12.2 Å². The number of hydrogen-bond acceptors (Lipinski definition) is 3.